The molecule has 3 aromatic rings. The Morgan fingerprint density at radius 3 is 1.74 bits per heavy atom. The van der Waals surface area contributed by atoms with Gasteiger partial charge in [-0.2, -0.15) is 0 Å². The lowest BCUT2D eigenvalue weighted by atomic mass is 9.93. The average molecular weight is 257 g/mol. The Balaban J connectivity index is 2.46. The summed E-state index contributed by atoms with van der Waals surface area (Å²) in [7, 11) is 0. The smallest absolute Gasteiger partial charge is 0.257 e. The van der Waals surface area contributed by atoms with E-state index in [0.29, 0.717) is 5.56 Å². The zero-order chi connectivity index (χ0) is 13.4. The lowest BCUT2D eigenvalue weighted by Gasteiger charge is -2.17. The van der Waals surface area contributed by atoms with Crippen molar-refractivity contribution in [3.63, 3.8) is 0 Å². The molecule has 0 amide bonds. The summed E-state index contributed by atoms with van der Waals surface area (Å²) in [6.45, 7) is 0. The minimum absolute atomic E-state index is 0.531. The Kier molecular flexibility index (Phi) is 2.91. The highest BCUT2D eigenvalue weighted by Gasteiger charge is 2.22. The molecule has 0 fully saturated rings. The summed E-state index contributed by atoms with van der Waals surface area (Å²) in [6, 6.07) is 15.8. The van der Waals surface area contributed by atoms with Crippen molar-refractivity contribution in [2.45, 2.75) is 12.5 Å². The zero-order valence-electron chi connectivity index (χ0n) is 10.2. The Bertz CT molecular complexity index is 683. The fraction of sp³-hybridized carbons (Fsp3) is 0.125. The maximum Gasteiger partial charge on any atom is 0.257 e. The van der Waals surface area contributed by atoms with Gasteiger partial charge in [-0.25, -0.2) is 8.78 Å². The molecule has 0 saturated heterocycles. The van der Waals surface area contributed by atoms with Crippen LogP contribution in [-0.4, -0.2) is 6.43 Å². The summed E-state index contributed by atoms with van der Waals surface area (Å²) in [6.07, 6.45) is -2.57. The number of nitrogens with two attached hydrogens (primary N) is 1. The number of hydrogen-bond donors (Lipinski definition) is 1. The lowest BCUT2D eigenvalue weighted by Crippen LogP contribution is -2.19. The molecule has 0 aromatic heterocycles. The minimum Gasteiger partial charge on any atom is -0.319 e. The van der Waals surface area contributed by atoms with Gasteiger partial charge < -0.3 is 5.73 Å². The van der Waals surface area contributed by atoms with Crippen LogP contribution in [0.15, 0.2) is 54.6 Å². The van der Waals surface area contributed by atoms with Gasteiger partial charge in [0.2, 0.25) is 0 Å². The highest BCUT2D eigenvalue weighted by molar-refractivity contribution is 6.02. The van der Waals surface area contributed by atoms with Gasteiger partial charge in [0.05, 0.1) is 6.04 Å². The Labute approximate surface area is 109 Å². The van der Waals surface area contributed by atoms with E-state index in [1.807, 2.05) is 54.6 Å². The molecule has 19 heavy (non-hydrogen) atoms. The van der Waals surface area contributed by atoms with Gasteiger partial charge in [-0.15, -0.1) is 0 Å². The monoisotopic (exact) mass is 257 g/mol. The molecule has 0 aliphatic heterocycles. The summed E-state index contributed by atoms with van der Waals surface area (Å²) in [5, 5.41) is 3.47. The van der Waals surface area contributed by atoms with Crippen molar-refractivity contribution in [1.82, 2.24) is 0 Å². The van der Waals surface area contributed by atoms with E-state index < -0.39 is 12.5 Å². The van der Waals surface area contributed by atoms with Gasteiger partial charge in [-0.1, -0.05) is 48.5 Å². The van der Waals surface area contributed by atoms with E-state index in [1.165, 1.54) is 0 Å². The maximum atomic E-state index is 13.0. The molecular weight excluding hydrogens is 244 g/mol. The molecule has 0 spiro atoms. The molecule has 0 bridgehead atoms. The standard InChI is InChI=1S/C16H13F2N/c17-16(18)15(19)14-12-7-3-1-5-10(12)9-11-6-2-4-8-13(11)14/h1-9,15-16H,19H2/t15-/m1/s1. The molecule has 0 aliphatic rings. The largest absolute Gasteiger partial charge is 0.319 e. The van der Waals surface area contributed by atoms with Crippen molar-refractivity contribution < 1.29 is 8.78 Å². The summed E-state index contributed by atoms with van der Waals surface area (Å²) in [4.78, 5) is 0. The second-order valence-electron chi connectivity index (χ2n) is 4.59. The first kappa shape index (κ1) is 12.1. The van der Waals surface area contributed by atoms with Crippen LogP contribution < -0.4 is 5.73 Å². The Hall–Kier alpha value is -2.00. The zero-order valence-corrected chi connectivity index (χ0v) is 10.2. The first-order valence-corrected chi connectivity index (χ1v) is 6.12. The quantitative estimate of drug-likeness (QED) is 0.682. The van der Waals surface area contributed by atoms with Crippen molar-refractivity contribution >= 4 is 21.5 Å². The van der Waals surface area contributed by atoms with Crippen molar-refractivity contribution in [2.24, 2.45) is 5.73 Å². The van der Waals surface area contributed by atoms with E-state index in [2.05, 4.69) is 0 Å². The molecule has 0 unspecified atom stereocenters. The number of rotatable bonds is 2. The van der Waals surface area contributed by atoms with E-state index in [0.717, 1.165) is 21.5 Å². The van der Waals surface area contributed by atoms with Crippen LogP contribution in [0, 0.1) is 0 Å². The van der Waals surface area contributed by atoms with Crippen molar-refractivity contribution in [1.29, 1.82) is 0 Å². The predicted molar refractivity (Wildman–Crippen MR) is 74.4 cm³/mol. The third-order valence-corrected chi connectivity index (χ3v) is 3.42. The van der Waals surface area contributed by atoms with Gasteiger partial charge in [-0.3, -0.25) is 0 Å². The topological polar surface area (TPSA) is 26.0 Å². The first-order valence-electron chi connectivity index (χ1n) is 6.12. The van der Waals surface area contributed by atoms with Crippen LogP contribution in [0.4, 0.5) is 8.78 Å². The van der Waals surface area contributed by atoms with Gasteiger partial charge in [-0.05, 0) is 33.2 Å². The molecule has 96 valence electrons. The van der Waals surface area contributed by atoms with Crippen molar-refractivity contribution in [3.05, 3.63) is 60.2 Å². The first-order chi connectivity index (χ1) is 9.18. The van der Waals surface area contributed by atoms with E-state index in [-0.39, 0.29) is 0 Å². The lowest BCUT2D eigenvalue weighted by molar-refractivity contribution is 0.117. The van der Waals surface area contributed by atoms with Crippen LogP contribution in [0.2, 0.25) is 0 Å². The molecule has 3 aromatic carbocycles. The highest BCUT2D eigenvalue weighted by atomic mass is 19.3. The summed E-state index contributed by atoms with van der Waals surface area (Å²) in [5.74, 6) is 0. The number of halogens is 2. The van der Waals surface area contributed by atoms with E-state index in [9.17, 15) is 8.78 Å². The highest BCUT2D eigenvalue weighted by Crippen LogP contribution is 2.33. The molecule has 0 aliphatic carbocycles. The van der Waals surface area contributed by atoms with Crippen LogP contribution in [0.25, 0.3) is 21.5 Å². The summed E-state index contributed by atoms with van der Waals surface area (Å²) >= 11 is 0. The van der Waals surface area contributed by atoms with Crippen molar-refractivity contribution in [2.75, 3.05) is 0 Å². The van der Waals surface area contributed by atoms with E-state index >= 15 is 0 Å². The average Bonchev–Trinajstić information content (AvgIpc) is 2.43. The third-order valence-electron chi connectivity index (χ3n) is 3.42. The Morgan fingerprint density at radius 2 is 1.26 bits per heavy atom. The SMILES string of the molecule is N[C@H](c1c2ccccc2cc2ccccc12)C(F)F. The van der Waals surface area contributed by atoms with Gasteiger partial charge in [0, 0.05) is 0 Å². The molecule has 1 atom stereocenters. The molecule has 0 saturated carbocycles. The van der Waals surface area contributed by atoms with E-state index in [1.54, 1.807) is 0 Å². The molecule has 2 N–H and O–H groups in total. The molecule has 0 heterocycles. The van der Waals surface area contributed by atoms with Crippen molar-refractivity contribution in [3.8, 4) is 0 Å². The fourth-order valence-electron chi connectivity index (χ4n) is 2.53. The summed E-state index contributed by atoms with van der Waals surface area (Å²) < 4.78 is 26.1. The molecular formula is C16H13F2N. The third kappa shape index (κ3) is 1.96. The molecule has 1 nitrogen and oxygen atoms in total. The van der Waals surface area contributed by atoms with Gasteiger partial charge in [0.15, 0.2) is 0 Å². The molecule has 3 rings (SSSR count). The molecule has 3 heteroatoms. The van der Waals surface area contributed by atoms with Gasteiger partial charge >= 0.3 is 0 Å². The van der Waals surface area contributed by atoms with Crippen LogP contribution in [0.3, 0.4) is 0 Å². The van der Waals surface area contributed by atoms with Crippen LogP contribution >= 0.6 is 0 Å². The normalized spacial score (nSPS) is 13.3. The predicted octanol–water partition coefficient (Wildman–Crippen LogP) is 4.26. The van der Waals surface area contributed by atoms with Crippen LogP contribution in [0.1, 0.15) is 11.6 Å². The second kappa shape index (κ2) is 4.59. The Morgan fingerprint density at radius 1 is 0.789 bits per heavy atom. The maximum absolute atomic E-state index is 13.0. The van der Waals surface area contributed by atoms with Gasteiger partial charge in [0.1, 0.15) is 0 Å². The van der Waals surface area contributed by atoms with Crippen LogP contribution in [0.5, 0.6) is 0 Å². The van der Waals surface area contributed by atoms with Gasteiger partial charge in [0.25, 0.3) is 6.43 Å². The van der Waals surface area contributed by atoms with E-state index in [4.69, 9.17) is 5.73 Å². The number of alkyl halides is 2. The summed E-state index contributed by atoms with van der Waals surface area (Å²) in [5.41, 5.74) is 6.25. The number of benzene rings is 3. The number of hydrogen-bond acceptors (Lipinski definition) is 1. The number of fused-ring (bicyclic) bond motifs is 2. The molecule has 0 radical (unpaired) electrons. The minimum atomic E-state index is -2.57. The fourth-order valence-corrected chi connectivity index (χ4v) is 2.53. The second-order valence-corrected chi connectivity index (χ2v) is 4.59. The van der Waals surface area contributed by atoms with Crippen LogP contribution in [-0.2, 0) is 0 Å².